The van der Waals surface area contributed by atoms with E-state index in [9.17, 15) is 0 Å². The summed E-state index contributed by atoms with van der Waals surface area (Å²) in [5.74, 6) is 0. The van der Waals surface area contributed by atoms with Crippen molar-refractivity contribution in [2.45, 2.75) is 12.2 Å². The van der Waals surface area contributed by atoms with Gasteiger partial charge in [0.1, 0.15) is 0 Å². The number of allylic oxidation sites excluding steroid dienone is 1. The van der Waals surface area contributed by atoms with Crippen LogP contribution < -0.4 is 0 Å². The molecule has 1 heterocycles. The first-order valence-electron chi connectivity index (χ1n) is 4.19. The minimum Gasteiger partial charge on any atom is -0.357 e. The third-order valence-corrected chi connectivity index (χ3v) is 3.34. The van der Waals surface area contributed by atoms with E-state index in [1.54, 1.807) is 11.8 Å². The highest BCUT2D eigenvalue weighted by Gasteiger charge is 2.14. The van der Waals surface area contributed by atoms with Gasteiger partial charge in [0.15, 0.2) is 5.17 Å². The Hall–Kier alpha value is -0.270. The Morgan fingerprint density at radius 1 is 1.69 bits per heavy atom. The van der Waals surface area contributed by atoms with Crippen molar-refractivity contribution in [2.75, 3.05) is 20.3 Å². The quantitative estimate of drug-likeness (QED) is 0.655. The molecule has 0 radical (unpaired) electrons. The van der Waals surface area contributed by atoms with Crippen LogP contribution in [0.2, 0.25) is 0 Å². The number of hydrogen-bond acceptors (Lipinski definition) is 3. The first-order valence-corrected chi connectivity index (χ1v) is 6.34. The van der Waals surface area contributed by atoms with Gasteiger partial charge >= 0.3 is 0 Å². The van der Waals surface area contributed by atoms with E-state index in [1.165, 1.54) is 5.70 Å². The molecule has 1 rings (SSSR count). The van der Waals surface area contributed by atoms with Crippen LogP contribution in [0, 0.1) is 0 Å². The van der Waals surface area contributed by atoms with Gasteiger partial charge in [-0.3, -0.25) is 0 Å². The predicted molar refractivity (Wildman–Crippen MR) is 65.2 cm³/mol. The second-order valence-corrected chi connectivity index (χ2v) is 5.26. The fraction of sp³-hybridized carbons (Fsp3) is 0.556. The van der Waals surface area contributed by atoms with Gasteiger partial charge in [-0.1, -0.05) is 18.1 Å². The summed E-state index contributed by atoms with van der Waals surface area (Å²) in [6.45, 7) is 2.20. The first kappa shape index (κ1) is 10.8. The molecule has 0 unspecified atom stereocenters. The molecule has 0 bridgehead atoms. The van der Waals surface area contributed by atoms with Crippen LogP contribution >= 0.6 is 20.0 Å². The Bertz CT molecular complexity index is 258. The van der Waals surface area contributed by atoms with Crippen LogP contribution in [0.5, 0.6) is 0 Å². The third kappa shape index (κ3) is 3.17. The molecule has 0 aromatic carbocycles. The second kappa shape index (κ2) is 4.83. The topological polar surface area (TPSA) is 15.6 Å². The van der Waals surface area contributed by atoms with Gasteiger partial charge in [-0.15, -0.1) is 8.20 Å². The van der Waals surface area contributed by atoms with Crippen LogP contribution in [0.15, 0.2) is 16.8 Å². The molecule has 72 valence electrons. The summed E-state index contributed by atoms with van der Waals surface area (Å²) in [5, 5.41) is 1.64. The molecule has 2 nitrogen and oxygen atoms in total. The highest BCUT2D eigenvalue weighted by Crippen LogP contribution is 2.24. The smallest absolute Gasteiger partial charge is 0.164 e. The average Bonchev–Trinajstić information content (AvgIpc) is 2.03. The molecule has 1 aliphatic rings. The lowest BCUT2D eigenvalue weighted by atomic mass is 10.3. The Morgan fingerprint density at radius 2 is 2.38 bits per heavy atom. The lowest BCUT2D eigenvalue weighted by Crippen LogP contribution is -2.23. The molecule has 0 N–H and O–H groups in total. The van der Waals surface area contributed by atoms with Crippen molar-refractivity contribution in [2.24, 2.45) is 4.99 Å². The zero-order valence-corrected chi connectivity index (χ0v) is 10.0. The van der Waals surface area contributed by atoms with Crippen molar-refractivity contribution in [3.05, 3.63) is 11.8 Å². The van der Waals surface area contributed by atoms with E-state index < -0.39 is 0 Å². The molecule has 0 fully saturated rings. The van der Waals surface area contributed by atoms with Crippen LogP contribution in [-0.2, 0) is 0 Å². The van der Waals surface area contributed by atoms with Gasteiger partial charge < -0.3 is 4.90 Å². The van der Waals surface area contributed by atoms with E-state index in [0.717, 1.165) is 19.5 Å². The van der Waals surface area contributed by atoms with Crippen molar-refractivity contribution in [1.82, 2.24) is 4.90 Å². The largest absolute Gasteiger partial charge is 0.357 e. The molecule has 1 aliphatic heterocycles. The van der Waals surface area contributed by atoms with Gasteiger partial charge in [-0.2, -0.15) is 0 Å². The van der Waals surface area contributed by atoms with Crippen molar-refractivity contribution in [1.29, 1.82) is 0 Å². The summed E-state index contributed by atoms with van der Waals surface area (Å²) in [7, 11) is 5.20. The highest BCUT2D eigenvalue weighted by molar-refractivity contribution is 8.14. The number of hydrogen-bond donors (Lipinski definition) is 0. The molecule has 0 amide bonds. The van der Waals surface area contributed by atoms with Crippen LogP contribution in [0.4, 0.5) is 0 Å². The SMILES string of the molecule is C=PCC1=C[C@H](C)SC(N(C)C)=N1. The Morgan fingerprint density at radius 3 is 2.92 bits per heavy atom. The summed E-state index contributed by atoms with van der Waals surface area (Å²) >= 11 is 1.80. The van der Waals surface area contributed by atoms with Crippen molar-refractivity contribution in [3.63, 3.8) is 0 Å². The molecule has 13 heavy (non-hydrogen) atoms. The fourth-order valence-electron chi connectivity index (χ4n) is 1.07. The van der Waals surface area contributed by atoms with Gasteiger partial charge in [0, 0.05) is 31.2 Å². The van der Waals surface area contributed by atoms with Gasteiger partial charge in [-0.25, -0.2) is 4.99 Å². The maximum atomic E-state index is 4.54. The maximum absolute atomic E-state index is 4.54. The normalized spacial score (nSPS) is 22.5. The Labute approximate surface area is 85.9 Å². The van der Waals surface area contributed by atoms with Gasteiger partial charge in [0.25, 0.3) is 0 Å². The summed E-state index contributed by atoms with van der Waals surface area (Å²) in [6, 6.07) is 0. The molecule has 0 aromatic heterocycles. The number of amidine groups is 1. The zero-order chi connectivity index (χ0) is 9.84. The van der Waals surface area contributed by atoms with Gasteiger partial charge in [0.05, 0.1) is 0 Å². The molecule has 0 aromatic rings. The molecule has 0 saturated heterocycles. The molecule has 0 spiro atoms. The summed E-state index contributed by atoms with van der Waals surface area (Å²) in [5.41, 5.74) is 1.17. The number of thioether (sulfide) groups is 1. The fourth-order valence-corrected chi connectivity index (χ4v) is 2.41. The van der Waals surface area contributed by atoms with Crippen LogP contribution in [0.1, 0.15) is 6.92 Å². The molecular formula is C9H15N2PS. The van der Waals surface area contributed by atoms with Crippen molar-refractivity contribution < 1.29 is 0 Å². The number of rotatable bonds is 2. The van der Waals surface area contributed by atoms with Gasteiger partial charge in [-0.05, 0) is 13.0 Å². The van der Waals surface area contributed by atoms with E-state index in [0.29, 0.717) is 5.25 Å². The molecular weight excluding hydrogens is 199 g/mol. The zero-order valence-electron chi connectivity index (χ0n) is 8.32. The third-order valence-electron chi connectivity index (χ3n) is 1.61. The first-order chi connectivity index (χ1) is 6.13. The minimum absolute atomic E-state index is 0.534. The monoisotopic (exact) mass is 214 g/mol. The molecule has 1 atom stereocenters. The predicted octanol–water partition coefficient (Wildman–Crippen LogP) is 2.30. The Balaban J connectivity index is 2.78. The lowest BCUT2D eigenvalue weighted by Gasteiger charge is -2.21. The summed E-state index contributed by atoms with van der Waals surface area (Å²) in [4.78, 5) is 6.60. The Kier molecular flexibility index (Phi) is 4.01. The molecule has 0 saturated carbocycles. The lowest BCUT2D eigenvalue weighted by molar-refractivity contribution is 0.634. The van der Waals surface area contributed by atoms with Crippen molar-refractivity contribution in [3.8, 4) is 0 Å². The summed E-state index contributed by atoms with van der Waals surface area (Å²) < 4.78 is 0. The average molecular weight is 214 g/mol. The standard InChI is InChI=1S/C9H15N2PS/c1-7-5-8(6-12-4)10-9(13-7)11(2)3/h5,7H,4,6H2,1-3H3/t7-/m0/s1. The number of aliphatic imine (C=N–C) groups is 1. The molecule has 4 heteroatoms. The van der Waals surface area contributed by atoms with Gasteiger partial charge in [0.2, 0.25) is 0 Å². The highest BCUT2D eigenvalue weighted by atomic mass is 32.2. The van der Waals surface area contributed by atoms with Crippen LogP contribution in [-0.4, -0.2) is 41.9 Å². The maximum Gasteiger partial charge on any atom is 0.164 e. The van der Waals surface area contributed by atoms with E-state index in [4.69, 9.17) is 0 Å². The van der Waals surface area contributed by atoms with Crippen LogP contribution in [0.25, 0.3) is 0 Å². The van der Waals surface area contributed by atoms with E-state index >= 15 is 0 Å². The van der Waals surface area contributed by atoms with E-state index in [-0.39, 0.29) is 0 Å². The summed E-state index contributed by atoms with van der Waals surface area (Å²) in [6.07, 6.45) is 7.00. The second-order valence-electron chi connectivity index (χ2n) is 3.15. The molecule has 0 aliphatic carbocycles. The van der Waals surface area contributed by atoms with Crippen LogP contribution in [0.3, 0.4) is 0 Å². The van der Waals surface area contributed by atoms with Crippen molar-refractivity contribution >= 4 is 31.4 Å². The van der Waals surface area contributed by atoms with E-state index in [1.807, 2.05) is 14.1 Å². The minimum atomic E-state index is 0.534. The van der Waals surface area contributed by atoms with E-state index in [2.05, 4.69) is 29.2 Å². The number of nitrogens with zero attached hydrogens (tertiary/aromatic N) is 2.